The maximum atomic E-state index is 13.0. The van der Waals surface area contributed by atoms with E-state index in [0.29, 0.717) is 6.61 Å². The van der Waals surface area contributed by atoms with Gasteiger partial charge in [-0.2, -0.15) is 0 Å². The number of Topliss-reactive ketones (excluding diaryl/α,β-unsaturated/α-hetero) is 1. The Morgan fingerprint density at radius 1 is 1.43 bits per heavy atom. The molecular formula is C10H10F2O2. The Hall–Kier alpha value is -1.29. The van der Waals surface area contributed by atoms with Crippen molar-refractivity contribution >= 4 is 5.78 Å². The van der Waals surface area contributed by atoms with Gasteiger partial charge in [-0.05, 0) is 19.1 Å². The first-order valence-corrected chi connectivity index (χ1v) is 4.21. The number of halogens is 2. The van der Waals surface area contributed by atoms with Crippen molar-refractivity contribution < 1.29 is 18.3 Å². The number of ether oxygens (including phenoxy) is 1. The number of carbonyl (C=O) groups excluding carboxylic acids is 1. The summed E-state index contributed by atoms with van der Waals surface area (Å²) in [5.41, 5.74) is -0.265. The van der Waals surface area contributed by atoms with Gasteiger partial charge in [0.2, 0.25) is 0 Å². The van der Waals surface area contributed by atoms with Crippen LogP contribution in [0, 0.1) is 11.6 Å². The monoisotopic (exact) mass is 200 g/mol. The lowest BCUT2D eigenvalue weighted by Gasteiger charge is -2.02. The molecule has 0 aliphatic rings. The minimum Gasteiger partial charge on any atom is -0.374 e. The molecule has 0 aromatic heterocycles. The maximum Gasteiger partial charge on any atom is 0.191 e. The molecule has 0 unspecified atom stereocenters. The Morgan fingerprint density at radius 3 is 2.79 bits per heavy atom. The van der Waals surface area contributed by atoms with Gasteiger partial charge in [-0.25, -0.2) is 8.78 Å². The Morgan fingerprint density at radius 2 is 2.14 bits per heavy atom. The highest BCUT2D eigenvalue weighted by molar-refractivity contribution is 5.97. The minimum atomic E-state index is -1.11. The van der Waals surface area contributed by atoms with Crippen molar-refractivity contribution in [3.63, 3.8) is 0 Å². The van der Waals surface area contributed by atoms with Crippen LogP contribution in [0.25, 0.3) is 0 Å². The molecule has 14 heavy (non-hydrogen) atoms. The molecule has 0 atom stereocenters. The molecule has 0 saturated carbocycles. The molecule has 76 valence electrons. The van der Waals surface area contributed by atoms with E-state index in [1.165, 1.54) is 12.1 Å². The van der Waals surface area contributed by atoms with Gasteiger partial charge in [0.05, 0.1) is 5.56 Å². The first-order valence-electron chi connectivity index (χ1n) is 4.21. The number of carbonyl (C=O) groups is 1. The van der Waals surface area contributed by atoms with Crippen molar-refractivity contribution in [2.24, 2.45) is 0 Å². The fourth-order valence-corrected chi connectivity index (χ4v) is 0.992. The smallest absolute Gasteiger partial charge is 0.191 e. The van der Waals surface area contributed by atoms with Crippen molar-refractivity contribution in [2.75, 3.05) is 13.2 Å². The molecule has 0 heterocycles. The highest BCUT2D eigenvalue weighted by Crippen LogP contribution is 2.11. The van der Waals surface area contributed by atoms with Crippen LogP contribution in [0.3, 0.4) is 0 Å². The maximum absolute atomic E-state index is 13.0. The van der Waals surface area contributed by atoms with Gasteiger partial charge in [0.1, 0.15) is 6.61 Å². The molecule has 0 fully saturated rings. The molecule has 0 radical (unpaired) electrons. The second-order valence-corrected chi connectivity index (χ2v) is 2.66. The van der Waals surface area contributed by atoms with Gasteiger partial charge < -0.3 is 4.74 Å². The second kappa shape index (κ2) is 4.81. The van der Waals surface area contributed by atoms with E-state index < -0.39 is 17.4 Å². The third kappa shape index (κ3) is 2.35. The van der Waals surface area contributed by atoms with Crippen molar-refractivity contribution in [2.45, 2.75) is 6.92 Å². The molecule has 1 aromatic carbocycles. The number of ketones is 1. The van der Waals surface area contributed by atoms with Crippen LogP contribution in [0.4, 0.5) is 8.78 Å². The molecule has 4 heteroatoms. The van der Waals surface area contributed by atoms with Gasteiger partial charge in [-0.1, -0.05) is 6.07 Å². The predicted octanol–water partition coefficient (Wildman–Crippen LogP) is 2.18. The van der Waals surface area contributed by atoms with Crippen LogP contribution in [0.2, 0.25) is 0 Å². The molecule has 0 N–H and O–H groups in total. The van der Waals surface area contributed by atoms with E-state index in [4.69, 9.17) is 4.74 Å². The lowest BCUT2D eigenvalue weighted by Crippen LogP contribution is -2.11. The van der Waals surface area contributed by atoms with Crippen LogP contribution in [-0.2, 0) is 4.74 Å². The van der Waals surface area contributed by atoms with Crippen molar-refractivity contribution in [1.82, 2.24) is 0 Å². The number of benzene rings is 1. The summed E-state index contributed by atoms with van der Waals surface area (Å²) in [6.07, 6.45) is 0. The summed E-state index contributed by atoms with van der Waals surface area (Å²) in [6, 6.07) is 3.49. The van der Waals surface area contributed by atoms with Gasteiger partial charge in [0.25, 0.3) is 0 Å². The minimum absolute atomic E-state index is 0.225. The summed E-state index contributed by atoms with van der Waals surface area (Å²) in [5.74, 6) is -2.69. The molecule has 0 aliphatic carbocycles. The summed E-state index contributed by atoms with van der Waals surface area (Å²) in [7, 11) is 0. The van der Waals surface area contributed by atoms with Gasteiger partial charge in [-0.15, -0.1) is 0 Å². The standard InChI is InChI=1S/C10H10F2O2/c1-2-14-6-9(13)7-4-3-5-8(11)10(7)12/h3-5H,2,6H2,1H3. The van der Waals surface area contributed by atoms with E-state index in [1.807, 2.05) is 0 Å². The van der Waals surface area contributed by atoms with Crippen LogP contribution in [0.1, 0.15) is 17.3 Å². The fraction of sp³-hybridized carbons (Fsp3) is 0.300. The van der Waals surface area contributed by atoms with Crippen LogP contribution in [0.5, 0.6) is 0 Å². The lowest BCUT2D eigenvalue weighted by molar-refractivity contribution is 0.0778. The highest BCUT2D eigenvalue weighted by atomic mass is 19.2. The van der Waals surface area contributed by atoms with Crippen LogP contribution < -0.4 is 0 Å². The van der Waals surface area contributed by atoms with E-state index >= 15 is 0 Å². The summed E-state index contributed by atoms with van der Waals surface area (Å²) in [4.78, 5) is 11.2. The molecule has 2 nitrogen and oxygen atoms in total. The molecule has 1 aromatic rings. The van der Waals surface area contributed by atoms with E-state index in [-0.39, 0.29) is 12.2 Å². The zero-order valence-corrected chi connectivity index (χ0v) is 7.72. The topological polar surface area (TPSA) is 26.3 Å². The molecule has 0 amide bonds. The van der Waals surface area contributed by atoms with Gasteiger partial charge >= 0.3 is 0 Å². The molecule has 1 rings (SSSR count). The Bertz CT molecular complexity index is 337. The summed E-state index contributed by atoms with van der Waals surface area (Å²) < 4.78 is 30.5. The molecule has 0 bridgehead atoms. The Kier molecular flexibility index (Phi) is 3.71. The third-order valence-corrected chi connectivity index (χ3v) is 1.69. The molecule has 0 spiro atoms. The number of hydrogen-bond donors (Lipinski definition) is 0. The zero-order valence-electron chi connectivity index (χ0n) is 7.72. The van der Waals surface area contributed by atoms with E-state index in [2.05, 4.69) is 0 Å². The largest absolute Gasteiger partial charge is 0.374 e. The lowest BCUT2D eigenvalue weighted by atomic mass is 10.1. The highest BCUT2D eigenvalue weighted by Gasteiger charge is 2.14. The predicted molar refractivity (Wildman–Crippen MR) is 47.2 cm³/mol. The normalized spacial score (nSPS) is 10.2. The first kappa shape index (κ1) is 10.8. The summed E-state index contributed by atoms with van der Waals surface area (Å²) in [6.45, 7) is 1.86. The fourth-order valence-electron chi connectivity index (χ4n) is 0.992. The van der Waals surface area contributed by atoms with Gasteiger partial charge in [-0.3, -0.25) is 4.79 Å². The summed E-state index contributed by atoms with van der Waals surface area (Å²) >= 11 is 0. The molecular weight excluding hydrogens is 190 g/mol. The quantitative estimate of drug-likeness (QED) is 0.696. The molecule has 0 aliphatic heterocycles. The number of rotatable bonds is 4. The van der Waals surface area contributed by atoms with Crippen molar-refractivity contribution in [3.8, 4) is 0 Å². The van der Waals surface area contributed by atoms with E-state index in [0.717, 1.165) is 6.07 Å². The molecule has 0 saturated heterocycles. The van der Waals surface area contributed by atoms with Gasteiger partial charge in [0.15, 0.2) is 17.4 Å². The number of hydrogen-bond acceptors (Lipinski definition) is 2. The van der Waals surface area contributed by atoms with Crippen LogP contribution >= 0.6 is 0 Å². The van der Waals surface area contributed by atoms with Crippen molar-refractivity contribution in [1.29, 1.82) is 0 Å². The SMILES string of the molecule is CCOCC(=O)c1cccc(F)c1F. The van der Waals surface area contributed by atoms with E-state index in [1.54, 1.807) is 6.92 Å². The third-order valence-electron chi connectivity index (χ3n) is 1.69. The Balaban J connectivity index is 2.84. The summed E-state index contributed by atoms with van der Waals surface area (Å²) in [5, 5.41) is 0. The average Bonchev–Trinajstić information content (AvgIpc) is 2.18. The van der Waals surface area contributed by atoms with Crippen LogP contribution in [0.15, 0.2) is 18.2 Å². The average molecular weight is 200 g/mol. The zero-order chi connectivity index (χ0) is 10.6. The van der Waals surface area contributed by atoms with Gasteiger partial charge in [0, 0.05) is 6.61 Å². The Labute approximate surface area is 80.5 Å². The van der Waals surface area contributed by atoms with Crippen LogP contribution in [-0.4, -0.2) is 19.0 Å². The van der Waals surface area contributed by atoms with Crippen molar-refractivity contribution in [3.05, 3.63) is 35.4 Å². The van der Waals surface area contributed by atoms with E-state index in [9.17, 15) is 13.6 Å². The first-order chi connectivity index (χ1) is 6.66. The second-order valence-electron chi connectivity index (χ2n) is 2.66.